The van der Waals surface area contributed by atoms with E-state index in [4.69, 9.17) is 5.11 Å². The average Bonchev–Trinajstić information content (AvgIpc) is 2.90. The predicted molar refractivity (Wildman–Crippen MR) is 82.2 cm³/mol. The highest BCUT2D eigenvalue weighted by Crippen LogP contribution is 2.20. The zero-order valence-electron chi connectivity index (χ0n) is 12.2. The number of aliphatic carboxylic acids is 1. The van der Waals surface area contributed by atoms with Crippen LogP contribution >= 0.6 is 0 Å². The molecule has 0 radical (unpaired) electrons. The van der Waals surface area contributed by atoms with E-state index in [1.165, 1.54) is 0 Å². The van der Waals surface area contributed by atoms with Gasteiger partial charge >= 0.3 is 12.0 Å². The first-order valence-corrected chi connectivity index (χ1v) is 6.94. The second-order valence-electron chi connectivity index (χ2n) is 4.78. The van der Waals surface area contributed by atoms with Gasteiger partial charge in [-0.3, -0.25) is 4.79 Å². The Balaban J connectivity index is 2.00. The number of rotatable bonds is 6. The summed E-state index contributed by atoms with van der Waals surface area (Å²) in [7, 11) is 0. The van der Waals surface area contributed by atoms with Crippen LogP contribution in [0, 0.1) is 6.92 Å². The number of aromatic nitrogens is 2. The average molecular weight is 302 g/mol. The number of nitrogens with zero attached hydrogens (tertiary/aromatic N) is 2. The third-order valence-corrected chi connectivity index (χ3v) is 3.07. The summed E-state index contributed by atoms with van der Waals surface area (Å²) in [5, 5.41) is 18.2. The minimum absolute atomic E-state index is 0.0311. The number of amides is 2. The van der Waals surface area contributed by atoms with E-state index in [0.29, 0.717) is 18.7 Å². The molecule has 7 nitrogen and oxygen atoms in total. The minimum Gasteiger partial charge on any atom is -0.481 e. The Bertz CT molecular complexity index is 666. The van der Waals surface area contributed by atoms with Gasteiger partial charge in [0.05, 0.1) is 11.4 Å². The molecule has 116 valence electrons. The molecule has 0 aliphatic heterocycles. The van der Waals surface area contributed by atoms with Crippen LogP contribution in [0.25, 0.3) is 5.69 Å². The minimum atomic E-state index is -0.873. The summed E-state index contributed by atoms with van der Waals surface area (Å²) in [6, 6.07) is 8.84. The van der Waals surface area contributed by atoms with E-state index in [2.05, 4.69) is 15.7 Å². The lowest BCUT2D eigenvalue weighted by atomic mass is 10.2. The van der Waals surface area contributed by atoms with Crippen molar-refractivity contribution < 1.29 is 14.7 Å². The van der Waals surface area contributed by atoms with Crippen molar-refractivity contribution in [2.75, 3.05) is 11.9 Å². The van der Waals surface area contributed by atoms with Gasteiger partial charge in [0, 0.05) is 24.9 Å². The molecule has 7 heteroatoms. The molecular weight excluding hydrogens is 284 g/mol. The smallest absolute Gasteiger partial charge is 0.319 e. The van der Waals surface area contributed by atoms with E-state index in [1.54, 1.807) is 16.9 Å². The summed E-state index contributed by atoms with van der Waals surface area (Å²) in [6.07, 6.45) is 2.12. The first-order chi connectivity index (χ1) is 10.6. The van der Waals surface area contributed by atoms with Crippen LogP contribution in [-0.2, 0) is 4.79 Å². The second-order valence-corrected chi connectivity index (χ2v) is 4.78. The number of hydrogen-bond acceptors (Lipinski definition) is 3. The molecule has 0 bridgehead atoms. The number of urea groups is 1. The molecule has 2 amide bonds. The van der Waals surface area contributed by atoms with Crippen molar-refractivity contribution in [1.29, 1.82) is 0 Å². The normalized spacial score (nSPS) is 10.2. The van der Waals surface area contributed by atoms with Crippen LogP contribution in [0.15, 0.2) is 36.5 Å². The zero-order chi connectivity index (χ0) is 15.9. The molecule has 1 heterocycles. The van der Waals surface area contributed by atoms with E-state index in [-0.39, 0.29) is 12.5 Å². The van der Waals surface area contributed by atoms with Gasteiger partial charge in [0.25, 0.3) is 0 Å². The SMILES string of the molecule is Cc1ccnn1-c1ccccc1NC(=O)NCCCC(=O)O. The number of aryl methyl sites for hydroxylation is 1. The molecule has 2 rings (SSSR count). The van der Waals surface area contributed by atoms with Crippen LogP contribution in [0.3, 0.4) is 0 Å². The molecule has 0 spiro atoms. The highest BCUT2D eigenvalue weighted by atomic mass is 16.4. The Labute approximate surface area is 128 Å². The number of carboxylic acid groups (broad SMARTS) is 1. The van der Waals surface area contributed by atoms with Gasteiger partial charge in [0.1, 0.15) is 0 Å². The van der Waals surface area contributed by atoms with Gasteiger partial charge in [-0.1, -0.05) is 12.1 Å². The maximum Gasteiger partial charge on any atom is 0.319 e. The van der Waals surface area contributed by atoms with Gasteiger partial charge in [-0.2, -0.15) is 5.10 Å². The number of para-hydroxylation sites is 2. The highest BCUT2D eigenvalue weighted by molar-refractivity contribution is 5.91. The molecule has 0 unspecified atom stereocenters. The zero-order valence-corrected chi connectivity index (χ0v) is 12.2. The predicted octanol–water partition coefficient (Wildman–Crippen LogP) is 2.17. The van der Waals surface area contributed by atoms with E-state index >= 15 is 0 Å². The topological polar surface area (TPSA) is 96.3 Å². The summed E-state index contributed by atoms with van der Waals surface area (Å²) >= 11 is 0. The van der Waals surface area contributed by atoms with Crippen LogP contribution in [0.4, 0.5) is 10.5 Å². The Hall–Kier alpha value is -2.83. The molecule has 1 aromatic carbocycles. The lowest BCUT2D eigenvalue weighted by molar-refractivity contribution is -0.137. The first kappa shape index (κ1) is 15.6. The number of carbonyl (C=O) groups is 2. The fraction of sp³-hybridized carbons (Fsp3) is 0.267. The molecule has 0 saturated heterocycles. The molecule has 0 atom stereocenters. The van der Waals surface area contributed by atoms with Crippen LogP contribution < -0.4 is 10.6 Å². The van der Waals surface area contributed by atoms with Crippen molar-refractivity contribution in [3.8, 4) is 5.69 Å². The number of nitrogens with one attached hydrogen (secondary N) is 2. The van der Waals surface area contributed by atoms with E-state index < -0.39 is 5.97 Å². The van der Waals surface area contributed by atoms with Crippen molar-refractivity contribution in [2.24, 2.45) is 0 Å². The van der Waals surface area contributed by atoms with E-state index in [0.717, 1.165) is 11.4 Å². The number of carbonyl (C=O) groups excluding carboxylic acids is 1. The fourth-order valence-corrected chi connectivity index (χ4v) is 1.99. The summed E-state index contributed by atoms with van der Waals surface area (Å²) in [5.41, 5.74) is 2.35. The van der Waals surface area contributed by atoms with Crippen LogP contribution in [-0.4, -0.2) is 33.4 Å². The number of anilines is 1. The lowest BCUT2D eigenvalue weighted by Gasteiger charge is -2.13. The van der Waals surface area contributed by atoms with Crippen LogP contribution in [0.2, 0.25) is 0 Å². The molecule has 22 heavy (non-hydrogen) atoms. The second kappa shape index (κ2) is 7.26. The first-order valence-electron chi connectivity index (χ1n) is 6.94. The van der Waals surface area contributed by atoms with Crippen molar-refractivity contribution in [3.63, 3.8) is 0 Å². The number of hydrogen-bond donors (Lipinski definition) is 3. The molecule has 3 N–H and O–H groups in total. The van der Waals surface area contributed by atoms with Crippen LogP contribution in [0.5, 0.6) is 0 Å². The van der Waals surface area contributed by atoms with Gasteiger partial charge in [0.15, 0.2) is 0 Å². The molecular formula is C15H18N4O3. The third kappa shape index (κ3) is 4.08. The molecule has 0 saturated carbocycles. The Morgan fingerprint density at radius 3 is 2.73 bits per heavy atom. The Morgan fingerprint density at radius 2 is 2.05 bits per heavy atom. The highest BCUT2D eigenvalue weighted by Gasteiger charge is 2.09. The summed E-state index contributed by atoms with van der Waals surface area (Å²) in [5.74, 6) is -0.873. The Morgan fingerprint density at radius 1 is 1.27 bits per heavy atom. The van der Waals surface area contributed by atoms with Gasteiger partial charge in [-0.05, 0) is 31.5 Å². The van der Waals surface area contributed by atoms with Gasteiger partial charge < -0.3 is 15.7 Å². The lowest BCUT2D eigenvalue weighted by Crippen LogP contribution is -2.30. The maximum atomic E-state index is 11.9. The number of carboxylic acids is 1. The molecule has 0 aliphatic carbocycles. The Kier molecular flexibility index (Phi) is 5.13. The summed E-state index contributed by atoms with van der Waals surface area (Å²) in [6.45, 7) is 2.23. The molecule has 2 aromatic rings. The van der Waals surface area contributed by atoms with Gasteiger partial charge in [0.2, 0.25) is 0 Å². The monoisotopic (exact) mass is 302 g/mol. The largest absolute Gasteiger partial charge is 0.481 e. The fourth-order valence-electron chi connectivity index (χ4n) is 1.99. The molecule has 1 aromatic heterocycles. The third-order valence-electron chi connectivity index (χ3n) is 3.07. The van der Waals surface area contributed by atoms with Crippen LogP contribution in [0.1, 0.15) is 18.5 Å². The van der Waals surface area contributed by atoms with Gasteiger partial charge in [-0.15, -0.1) is 0 Å². The quantitative estimate of drug-likeness (QED) is 0.712. The number of benzene rings is 1. The maximum absolute atomic E-state index is 11.9. The molecule has 0 fully saturated rings. The van der Waals surface area contributed by atoms with Gasteiger partial charge in [-0.25, -0.2) is 9.48 Å². The van der Waals surface area contributed by atoms with E-state index in [1.807, 2.05) is 31.2 Å². The summed E-state index contributed by atoms with van der Waals surface area (Å²) in [4.78, 5) is 22.3. The van der Waals surface area contributed by atoms with Crippen molar-refractivity contribution in [1.82, 2.24) is 15.1 Å². The molecule has 0 aliphatic rings. The summed E-state index contributed by atoms with van der Waals surface area (Å²) < 4.78 is 1.74. The van der Waals surface area contributed by atoms with Crippen molar-refractivity contribution in [3.05, 3.63) is 42.2 Å². The van der Waals surface area contributed by atoms with Crippen molar-refractivity contribution >= 4 is 17.7 Å². The van der Waals surface area contributed by atoms with E-state index in [9.17, 15) is 9.59 Å². The standard InChI is InChI=1S/C15H18N4O3/c1-11-8-10-17-19(11)13-6-3-2-5-12(13)18-15(22)16-9-4-7-14(20)21/h2-3,5-6,8,10H,4,7,9H2,1H3,(H,20,21)(H2,16,18,22). The van der Waals surface area contributed by atoms with Crippen molar-refractivity contribution in [2.45, 2.75) is 19.8 Å².